The first-order valence-corrected chi connectivity index (χ1v) is 10.7. The van der Waals surface area contributed by atoms with Gasteiger partial charge in [-0.2, -0.15) is 13.2 Å². The summed E-state index contributed by atoms with van der Waals surface area (Å²) in [6.07, 6.45) is -3.73. The second-order valence-electron chi connectivity index (χ2n) is 7.55. The molecule has 5 nitrogen and oxygen atoms in total. The van der Waals surface area contributed by atoms with Crippen LogP contribution in [0.3, 0.4) is 0 Å². The van der Waals surface area contributed by atoms with E-state index < -0.39 is 11.7 Å². The van der Waals surface area contributed by atoms with Crippen LogP contribution < -0.4 is 9.64 Å². The lowest BCUT2D eigenvalue weighted by Crippen LogP contribution is -2.50. The van der Waals surface area contributed by atoms with Crippen molar-refractivity contribution in [2.45, 2.75) is 6.18 Å². The molecule has 2 aromatic carbocycles. The van der Waals surface area contributed by atoms with Crippen LogP contribution in [0.25, 0.3) is 11.1 Å². The van der Waals surface area contributed by atoms with Gasteiger partial charge < -0.3 is 14.5 Å². The third-order valence-electron chi connectivity index (χ3n) is 5.40. The molecule has 1 fully saturated rings. The number of carbonyl (C=O) groups excluding carboxylic acids is 1. The van der Waals surface area contributed by atoms with Gasteiger partial charge in [-0.25, -0.2) is 4.98 Å². The number of pyridine rings is 1. The molecular formula is C24H21ClF3N3O2. The summed E-state index contributed by atoms with van der Waals surface area (Å²) in [5.41, 5.74) is 1.01. The molecule has 0 spiro atoms. The fourth-order valence-electron chi connectivity index (χ4n) is 3.67. The number of rotatable bonds is 5. The van der Waals surface area contributed by atoms with Crippen molar-refractivity contribution in [2.24, 2.45) is 0 Å². The molecular weight excluding hydrogens is 455 g/mol. The van der Waals surface area contributed by atoms with Gasteiger partial charge in [-0.15, -0.1) is 0 Å². The van der Waals surface area contributed by atoms with Crippen molar-refractivity contribution in [2.75, 3.05) is 37.7 Å². The average molecular weight is 476 g/mol. The summed E-state index contributed by atoms with van der Waals surface area (Å²) < 4.78 is 44.3. The number of benzene rings is 2. The Morgan fingerprint density at radius 2 is 1.67 bits per heavy atom. The number of amides is 1. The van der Waals surface area contributed by atoms with Gasteiger partial charge in [-0.05, 0) is 17.7 Å². The van der Waals surface area contributed by atoms with Gasteiger partial charge in [0.15, 0.2) is 6.61 Å². The summed E-state index contributed by atoms with van der Waals surface area (Å²) in [4.78, 5) is 20.0. The Kier molecular flexibility index (Phi) is 6.74. The van der Waals surface area contributed by atoms with E-state index in [-0.39, 0.29) is 23.4 Å². The minimum atomic E-state index is -4.50. The van der Waals surface area contributed by atoms with E-state index in [0.717, 1.165) is 23.4 Å². The SMILES string of the molecule is O=C(COc1ccccc1-c1ccccc1)N1CCN(c2ncc(C(F)(F)F)cc2Cl)CC1. The predicted molar refractivity (Wildman–Crippen MR) is 120 cm³/mol. The molecule has 1 aliphatic heterocycles. The smallest absolute Gasteiger partial charge is 0.417 e. The zero-order chi connectivity index (χ0) is 23.4. The fourth-order valence-corrected chi connectivity index (χ4v) is 3.95. The number of nitrogens with zero attached hydrogens (tertiary/aromatic N) is 3. The number of halogens is 4. The first kappa shape index (κ1) is 22.9. The zero-order valence-electron chi connectivity index (χ0n) is 17.6. The van der Waals surface area contributed by atoms with Crippen LogP contribution in [-0.2, 0) is 11.0 Å². The van der Waals surface area contributed by atoms with E-state index in [1.807, 2.05) is 54.6 Å². The maximum atomic E-state index is 12.8. The van der Waals surface area contributed by atoms with Crippen LogP contribution in [0.4, 0.5) is 19.0 Å². The Morgan fingerprint density at radius 1 is 1.00 bits per heavy atom. The van der Waals surface area contributed by atoms with Gasteiger partial charge >= 0.3 is 6.18 Å². The van der Waals surface area contributed by atoms with Gasteiger partial charge in [0.2, 0.25) is 0 Å². The van der Waals surface area contributed by atoms with Crippen molar-refractivity contribution in [3.8, 4) is 16.9 Å². The molecule has 0 bridgehead atoms. The molecule has 3 aromatic rings. The highest BCUT2D eigenvalue weighted by Gasteiger charge is 2.32. The van der Waals surface area contributed by atoms with Crippen LogP contribution in [-0.4, -0.2) is 48.6 Å². The maximum absolute atomic E-state index is 12.8. The van der Waals surface area contributed by atoms with Gasteiger partial charge in [0.05, 0.1) is 10.6 Å². The molecule has 9 heteroatoms. The van der Waals surface area contributed by atoms with Crippen molar-refractivity contribution < 1.29 is 22.7 Å². The molecule has 1 amide bonds. The van der Waals surface area contributed by atoms with Crippen LogP contribution >= 0.6 is 11.6 Å². The highest BCUT2D eigenvalue weighted by Crippen LogP contribution is 2.34. The van der Waals surface area contributed by atoms with Crippen LogP contribution in [0.5, 0.6) is 5.75 Å². The number of anilines is 1. The van der Waals surface area contributed by atoms with Crippen molar-refractivity contribution in [3.63, 3.8) is 0 Å². The topological polar surface area (TPSA) is 45.7 Å². The summed E-state index contributed by atoms with van der Waals surface area (Å²) in [6.45, 7) is 1.49. The van der Waals surface area contributed by atoms with Crippen molar-refractivity contribution >= 4 is 23.3 Å². The summed E-state index contributed by atoms with van der Waals surface area (Å²) >= 11 is 6.05. The molecule has 2 heterocycles. The molecule has 33 heavy (non-hydrogen) atoms. The lowest BCUT2D eigenvalue weighted by atomic mass is 10.1. The monoisotopic (exact) mass is 475 g/mol. The van der Waals surface area contributed by atoms with Crippen LogP contribution in [0, 0.1) is 0 Å². The number of carbonyl (C=O) groups is 1. The first-order chi connectivity index (χ1) is 15.8. The number of para-hydroxylation sites is 1. The van der Waals surface area contributed by atoms with Crippen LogP contribution in [0.2, 0.25) is 5.02 Å². The Hall–Kier alpha value is -3.26. The molecule has 0 unspecified atom stereocenters. The predicted octanol–water partition coefficient (Wildman–Crippen LogP) is 5.15. The average Bonchev–Trinajstić information content (AvgIpc) is 2.83. The Morgan fingerprint density at radius 3 is 2.33 bits per heavy atom. The molecule has 0 radical (unpaired) electrons. The molecule has 1 aliphatic rings. The molecule has 0 N–H and O–H groups in total. The van der Waals surface area contributed by atoms with E-state index in [9.17, 15) is 18.0 Å². The molecule has 1 aromatic heterocycles. The van der Waals surface area contributed by atoms with Gasteiger partial charge in [0.25, 0.3) is 5.91 Å². The molecule has 0 saturated carbocycles. The third kappa shape index (κ3) is 5.39. The Labute approximate surface area is 194 Å². The van der Waals surface area contributed by atoms with E-state index in [0.29, 0.717) is 31.9 Å². The summed E-state index contributed by atoms with van der Waals surface area (Å²) in [7, 11) is 0. The van der Waals surface area contributed by atoms with E-state index in [1.54, 1.807) is 9.80 Å². The standard InChI is InChI=1S/C24H21ClF3N3O2/c25-20-14-18(24(26,27)28)15-29-23(20)31-12-10-30(11-13-31)22(32)16-33-21-9-5-4-8-19(21)17-6-2-1-3-7-17/h1-9,14-15H,10-13,16H2. The van der Waals surface area contributed by atoms with Crippen LogP contribution in [0.1, 0.15) is 5.56 Å². The van der Waals surface area contributed by atoms with Gasteiger partial charge in [-0.3, -0.25) is 4.79 Å². The van der Waals surface area contributed by atoms with Crippen molar-refractivity contribution in [3.05, 3.63) is 77.4 Å². The quantitative estimate of drug-likeness (QED) is 0.512. The number of ether oxygens (including phenoxy) is 1. The van der Waals surface area contributed by atoms with Crippen LogP contribution in [0.15, 0.2) is 66.9 Å². The molecule has 4 rings (SSSR count). The minimum Gasteiger partial charge on any atom is -0.483 e. The fraction of sp³-hybridized carbons (Fsp3) is 0.250. The molecule has 172 valence electrons. The number of hydrogen-bond acceptors (Lipinski definition) is 4. The number of aromatic nitrogens is 1. The number of alkyl halides is 3. The highest BCUT2D eigenvalue weighted by atomic mass is 35.5. The number of piperazine rings is 1. The molecule has 0 atom stereocenters. The van der Waals surface area contributed by atoms with Gasteiger partial charge in [0.1, 0.15) is 11.6 Å². The minimum absolute atomic E-state index is 0.0644. The molecule has 1 saturated heterocycles. The Balaban J connectivity index is 1.35. The summed E-state index contributed by atoms with van der Waals surface area (Å²) in [5.74, 6) is 0.741. The van der Waals surface area contributed by atoms with E-state index >= 15 is 0 Å². The maximum Gasteiger partial charge on any atom is 0.417 e. The first-order valence-electron chi connectivity index (χ1n) is 10.4. The largest absolute Gasteiger partial charge is 0.483 e. The second kappa shape index (κ2) is 9.70. The lowest BCUT2D eigenvalue weighted by Gasteiger charge is -2.35. The van der Waals surface area contributed by atoms with Crippen molar-refractivity contribution in [1.82, 2.24) is 9.88 Å². The Bertz CT molecular complexity index is 1120. The van der Waals surface area contributed by atoms with Gasteiger partial charge in [-0.1, -0.05) is 60.1 Å². The zero-order valence-corrected chi connectivity index (χ0v) is 18.3. The highest BCUT2D eigenvalue weighted by molar-refractivity contribution is 6.33. The normalized spacial score (nSPS) is 14.3. The van der Waals surface area contributed by atoms with E-state index in [2.05, 4.69) is 4.98 Å². The van der Waals surface area contributed by atoms with E-state index in [1.165, 1.54) is 0 Å². The third-order valence-corrected chi connectivity index (χ3v) is 5.68. The molecule has 0 aliphatic carbocycles. The summed E-state index contributed by atoms with van der Waals surface area (Å²) in [6, 6.07) is 18.2. The number of hydrogen-bond donors (Lipinski definition) is 0. The van der Waals surface area contributed by atoms with Crippen molar-refractivity contribution in [1.29, 1.82) is 0 Å². The second-order valence-corrected chi connectivity index (χ2v) is 7.95. The van der Waals surface area contributed by atoms with E-state index in [4.69, 9.17) is 16.3 Å². The lowest BCUT2D eigenvalue weighted by molar-refractivity contribution is -0.138. The van der Waals surface area contributed by atoms with Gasteiger partial charge in [0, 0.05) is 37.9 Å². The summed E-state index contributed by atoms with van der Waals surface area (Å²) in [5, 5.41) is -0.0644.